The minimum absolute atomic E-state index is 0.0305. The molecule has 0 saturated heterocycles. The Balaban J connectivity index is 2.87. The molecule has 0 aliphatic rings. The Hall–Kier alpha value is -3.34. The van der Waals surface area contributed by atoms with E-state index >= 15 is 0 Å². The summed E-state index contributed by atoms with van der Waals surface area (Å²) in [6.07, 6.45) is 0.659. The first-order valence-electron chi connectivity index (χ1n) is 12.1. The van der Waals surface area contributed by atoms with Gasteiger partial charge in [-0.3, -0.25) is 9.59 Å². The van der Waals surface area contributed by atoms with Crippen molar-refractivity contribution in [1.29, 1.82) is 0 Å². The van der Waals surface area contributed by atoms with Gasteiger partial charge in [0.15, 0.2) is 11.5 Å². The first-order chi connectivity index (χ1) is 17.2. The van der Waals surface area contributed by atoms with Gasteiger partial charge in [-0.2, -0.15) is 0 Å². The number of unbranched alkanes of at least 4 members (excludes halogenated alkanes) is 2. The number of benzene rings is 1. The number of hydrogen-bond donors (Lipinski definition) is 1. The molecule has 0 bridgehead atoms. The molecule has 202 valence electrons. The summed E-state index contributed by atoms with van der Waals surface area (Å²) >= 11 is 0. The lowest BCUT2D eigenvalue weighted by molar-refractivity contribution is -0.158. The number of hydrogen-bond acceptors (Lipinski definition) is 11. The second-order valence-corrected chi connectivity index (χ2v) is 7.98. The maximum Gasteiger partial charge on any atom is 0.513 e. The summed E-state index contributed by atoms with van der Waals surface area (Å²) in [5.74, 6) is -1.26. The van der Waals surface area contributed by atoms with Gasteiger partial charge in [0.1, 0.15) is 18.8 Å². The van der Waals surface area contributed by atoms with Crippen LogP contribution in [0.15, 0.2) is 18.2 Å². The molecule has 0 spiro atoms. The largest absolute Gasteiger partial charge is 0.513 e. The molecular formula is C25H37NO10. The predicted octanol–water partition coefficient (Wildman–Crippen LogP) is 4.07. The van der Waals surface area contributed by atoms with Crippen molar-refractivity contribution in [3.05, 3.63) is 23.8 Å². The molecule has 2 atom stereocenters. The molecule has 36 heavy (non-hydrogen) atoms. The Kier molecular flexibility index (Phi) is 14.6. The molecule has 11 nitrogen and oxygen atoms in total. The Morgan fingerprint density at radius 3 is 2.00 bits per heavy atom. The molecule has 0 saturated carbocycles. The average Bonchev–Trinajstić information content (AvgIpc) is 2.84. The fourth-order valence-corrected chi connectivity index (χ4v) is 2.65. The summed E-state index contributed by atoms with van der Waals surface area (Å²) < 4.78 is 30.6. The first kappa shape index (κ1) is 30.7. The molecule has 1 rings (SSSR count). The SMILES string of the molecule is CCCCOC(=O)Oc1ccc(C[C@H](N)C(=O)O[C@@H](C)COC(=O)CC)cc1OC(=O)OCCCC. The second kappa shape index (κ2) is 17.1. The molecule has 1 aromatic carbocycles. The second-order valence-electron chi connectivity index (χ2n) is 7.98. The van der Waals surface area contributed by atoms with Gasteiger partial charge in [0.25, 0.3) is 0 Å². The Bertz CT molecular complexity index is 857. The van der Waals surface area contributed by atoms with E-state index in [1.807, 2.05) is 13.8 Å². The smallest absolute Gasteiger partial charge is 0.462 e. The fourth-order valence-electron chi connectivity index (χ4n) is 2.65. The molecule has 0 fully saturated rings. The van der Waals surface area contributed by atoms with Crippen molar-refractivity contribution in [2.75, 3.05) is 19.8 Å². The third kappa shape index (κ3) is 12.4. The number of nitrogens with two attached hydrogens (primary N) is 1. The number of carbonyl (C=O) groups is 4. The molecule has 2 N–H and O–H groups in total. The van der Waals surface area contributed by atoms with Crippen molar-refractivity contribution < 1.29 is 47.6 Å². The minimum Gasteiger partial charge on any atom is -0.462 e. The Morgan fingerprint density at radius 2 is 1.44 bits per heavy atom. The zero-order chi connectivity index (χ0) is 26.9. The maximum absolute atomic E-state index is 12.3. The third-order valence-electron chi connectivity index (χ3n) is 4.67. The highest BCUT2D eigenvalue weighted by atomic mass is 16.7. The van der Waals surface area contributed by atoms with Gasteiger partial charge in [0, 0.05) is 6.42 Å². The van der Waals surface area contributed by atoms with Gasteiger partial charge >= 0.3 is 24.2 Å². The van der Waals surface area contributed by atoms with Crippen molar-refractivity contribution in [2.24, 2.45) is 5.73 Å². The lowest BCUT2D eigenvalue weighted by Gasteiger charge is -2.17. The van der Waals surface area contributed by atoms with Crippen molar-refractivity contribution in [3.8, 4) is 11.5 Å². The number of rotatable bonds is 15. The van der Waals surface area contributed by atoms with Crippen molar-refractivity contribution in [1.82, 2.24) is 0 Å². The summed E-state index contributed by atoms with van der Waals surface area (Å²) in [5.41, 5.74) is 6.49. The van der Waals surface area contributed by atoms with E-state index in [-0.39, 0.29) is 44.2 Å². The van der Waals surface area contributed by atoms with E-state index in [4.69, 9.17) is 34.2 Å². The molecule has 11 heteroatoms. The summed E-state index contributed by atoms with van der Waals surface area (Å²) in [4.78, 5) is 47.6. The van der Waals surface area contributed by atoms with Crippen LogP contribution in [0.3, 0.4) is 0 Å². The molecule has 1 aromatic rings. The summed E-state index contributed by atoms with van der Waals surface area (Å²) in [6.45, 7) is 7.41. The monoisotopic (exact) mass is 511 g/mol. The third-order valence-corrected chi connectivity index (χ3v) is 4.67. The van der Waals surface area contributed by atoms with E-state index in [1.165, 1.54) is 12.1 Å². The Morgan fingerprint density at radius 1 is 0.861 bits per heavy atom. The maximum atomic E-state index is 12.3. The fraction of sp³-hybridized carbons (Fsp3) is 0.600. The van der Waals surface area contributed by atoms with Crippen molar-refractivity contribution in [2.45, 2.75) is 78.4 Å². The molecule has 0 aliphatic carbocycles. The van der Waals surface area contributed by atoms with E-state index in [2.05, 4.69) is 0 Å². The lowest BCUT2D eigenvalue weighted by atomic mass is 10.1. The molecule has 0 radical (unpaired) electrons. The van der Waals surface area contributed by atoms with Crippen LogP contribution in [0.2, 0.25) is 0 Å². The van der Waals surface area contributed by atoms with E-state index in [9.17, 15) is 19.2 Å². The van der Waals surface area contributed by atoms with E-state index in [1.54, 1.807) is 19.9 Å². The van der Waals surface area contributed by atoms with Crippen LogP contribution in [-0.4, -0.2) is 56.2 Å². The van der Waals surface area contributed by atoms with Crippen LogP contribution in [-0.2, 0) is 35.0 Å². The number of carbonyl (C=O) groups excluding carboxylic acids is 4. The summed E-state index contributed by atoms with van der Waals surface area (Å²) in [6, 6.07) is 3.32. The van der Waals surface area contributed by atoms with Crippen molar-refractivity contribution in [3.63, 3.8) is 0 Å². The first-order valence-corrected chi connectivity index (χ1v) is 12.1. The zero-order valence-corrected chi connectivity index (χ0v) is 21.4. The van der Waals surface area contributed by atoms with E-state index < -0.39 is 36.4 Å². The van der Waals surface area contributed by atoms with Crippen LogP contribution in [0, 0.1) is 0 Å². The molecule has 0 unspecified atom stereocenters. The predicted molar refractivity (Wildman–Crippen MR) is 129 cm³/mol. The highest BCUT2D eigenvalue weighted by molar-refractivity contribution is 5.76. The van der Waals surface area contributed by atoms with Gasteiger partial charge in [-0.05, 0) is 43.9 Å². The van der Waals surface area contributed by atoms with Crippen molar-refractivity contribution >= 4 is 24.2 Å². The zero-order valence-electron chi connectivity index (χ0n) is 21.4. The van der Waals surface area contributed by atoms with E-state index in [0.29, 0.717) is 18.4 Å². The van der Waals surface area contributed by atoms with Gasteiger partial charge in [0.05, 0.1) is 13.2 Å². The highest BCUT2D eigenvalue weighted by Crippen LogP contribution is 2.30. The molecular weight excluding hydrogens is 474 g/mol. The standard InChI is InChI=1S/C25H37NO10/c1-5-8-12-31-24(29)35-20-11-10-18(15-21(20)36-25(30)32-13-9-6-2)14-19(26)23(28)34-17(4)16-33-22(27)7-3/h10-11,15,17,19H,5-9,12-14,16,26H2,1-4H3/t17-,19-/m0/s1. The molecule has 0 heterocycles. The van der Waals surface area contributed by atoms with Crippen LogP contribution < -0.4 is 15.2 Å². The van der Waals surface area contributed by atoms with E-state index in [0.717, 1.165) is 12.8 Å². The minimum atomic E-state index is -1.05. The summed E-state index contributed by atoms with van der Waals surface area (Å²) in [7, 11) is 0. The average molecular weight is 512 g/mol. The number of esters is 2. The van der Waals surface area contributed by atoms with Gasteiger partial charge in [-0.1, -0.05) is 39.7 Å². The van der Waals surface area contributed by atoms with Crippen LogP contribution in [0.1, 0.15) is 65.4 Å². The molecule has 0 aliphatic heterocycles. The van der Waals surface area contributed by atoms with Crippen LogP contribution in [0.5, 0.6) is 11.5 Å². The van der Waals surface area contributed by atoms with Gasteiger partial charge < -0.3 is 34.2 Å². The van der Waals surface area contributed by atoms with Gasteiger partial charge in [-0.15, -0.1) is 0 Å². The Labute approximate surface area is 211 Å². The number of ether oxygens (including phenoxy) is 6. The van der Waals surface area contributed by atoms with Crippen LogP contribution >= 0.6 is 0 Å². The van der Waals surface area contributed by atoms with Crippen LogP contribution in [0.25, 0.3) is 0 Å². The lowest BCUT2D eigenvalue weighted by Crippen LogP contribution is -2.37. The summed E-state index contributed by atoms with van der Waals surface area (Å²) in [5, 5.41) is 0. The van der Waals surface area contributed by atoms with Crippen LogP contribution in [0.4, 0.5) is 9.59 Å². The normalized spacial score (nSPS) is 12.1. The van der Waals surface area contributed by atoms with Gasteiger partial charge in [-0.25, -0.2) is 9.59 Å². The van der Waals surface area contributed by atoms with Gasteiger partial charge in [0.2, 0.25) is 0 Å². The quantitative estimate of drug-likeness (QED) is 0.157. The molecule has 0 aromatic heterocycles. The topological polar surface area (TPSA) is 150 Å². The molecule has 0 amide bonds. The highest BCUT2D eigenvalue weighted by Gasteiger charge is 2.22.